The molecule has 35 heavy (non-hydrogen) atoms. The van der Waals surface area contributed by atoms with Crippen LogP contribution in [0.3, 0.4) is 0 Å². The van der Waals surface area contributed by atoms with Crippen molar-refractivity contribution in [2.45, 2.75) is 68.0 Å². The van der Waals surface area contributed by atoms with E-state index in [0.29, 0.717) is 25.2 Å². The molecule has 0 bridgehead atoms. The van der Waals surface area contributed by atoms with Gasteiger partial charge in [-0.3, -0.25) is 15.0 Å². The molecule has 2 unspecified atom stereocenters. The van der Waals surface area contributed by atoms with E-state index in [9.17, 15) is 19.8 Å². The van der Waals surface area contributed by atoms with Crippen molar-refractivity contribution in [2.75, 3.05) is 13.1 Å². The van der Waals surface area contributed by atoms with Crippen LogP contribution in [0.1, 0.15) is 48.8 Å². The first kappa shape index (κ1) is 22.6. The summed E-state index contributed by atoms with van der Waals surface area (Å²) in [5.74, 6) is 0.162. The number of urea groups is 1. The van der Waals surface area contributed by atoms with Crippen molar-refractivity contribution in [3.63, 3.8) is 0 Å². The number of amides is 3. The maximum Gasteiger partial charge on any atom is 0.322 e. The number of phenols is 1. The number of fused-ring (bicyclic) bond motifs is 3. The second kappa shape index (κ2) is 7.80. The lowest BCUT2D eigenvalue weighted by molar-refractivity contribution is -0.148. The number of carbonyl (C=O) groups excluding carboxylic acids is 2. The number of imide groups is 1. The van der Waals surface area contributed by atoms with Crippen LogP contribution >= 0.6 is 0 Å². The van der Waals surface area contributed by atoms with Crippen molar-refractivity contribution in [1.82, 2.24) is 15.5 Å². The Morgan fingerprint density at radius 2 is 1.91 bits per heavy atom. The maximum atomic E-state index is 13.0. The lowest BCUT2D eigenvalue weighted by Gasteiger charge is -2.57. The molecule has 2 aromatic carbocycles. The fraction of sp³-hybridized carbons (Fsp3) is 0.500. The molecule has 2 saturated heterocycles. The van der Waals surface area contributed by atoms with E-state index in [0.717, 1.165) is 43.5 Å². The van der Waals surface area contributed by atoms with Gasteiger partial charge in [-0.25, -0.2) is 4.79 Å². The normalized spacial score (nSPS) is 35.8. The van der Waals surface area contributed by atoms with E-state index in [1.165, 1.54) is 5.56 Å². The smallest absolute Gasteiger partial charge is 0.322 e. The van der Waals surface area contributed by atoms with E-state index >= 15 is 0 Å². The first-order chi connectivity index (χ1) is 16.8. The van der Waals surface area contributed by atoms with E-state index in [-0.39, 0.29) is 17.7 Å². The summed E-state index contributed by atoms with van der Waals surface area (Å²) < 4.78 is 0. The summed E-state index contributed by atoms with van der Waals surface area (Å²) in [6.07, 6.45) is 3.92. The second-order valence-electron chi connectivity index (χ2n) is 11.2. The summed E-state index contributed by atoms with van der Waals surface area (Å²) in [6, 6.07) is 15.3. The van der Waals surface area contributed by atoms with Gasteiger partial charge in [0, 0.05) is 18.0 Å². The number of aliphatic hydroxyl groups is 1. The number of carbonyl (C=O) groups is 2. The number of hydrogen-bond donors (Lipinski definition) is 4. The highest BCUT2D eigenvalue weighted by molar-refractivity contribution is 6.07. The van der Waals surface area contributed by atoms with Gasteiger partial charge in [0.25, 0.3) is 5.91 Å². The zero-order valence-corrected chi connectivity index (χ0v) is 20.1. The fourth-order valence-electron chi connectivity index (χ4n) is 7.82. The number of hydrogen-bond acceptors (Lipinski definition) is 5. The van der Waals surface area contributed by atoms with Crippen LogP contribution in [-0.4, -0.2) is 57.3 Å². The molecule has 5 atom stereocenters. The van der Waals surface area contributed by atoms with Crippen LogP contribution in [0.5, 0.6) is 5.75 Å². The number of benzene rings is 2. The predicted octanol–water partition coefficient (Wildman–Crippen LogP) is 2.77. The van der Waals surface area contributed by atoms with Gasteiger partial charge in [-0.05, 0) is 86.7 Å². The quantitative estimate of drug-likeness (QED) is 0.498. The highest BCUT2D eigenvalue weighted by Crippen LogP contribution is 2.65. The molecular formula is C28H33N3O4. The van der Waals surface area contributed by atoms with E-state index < -0.39 is 22.6 Å². The molecule has 4 N–H and O–H groups in total. The summed E-state index contributed by atoms with van der Waals surface area (Å²) in [7, 11) is 0. The minimum atomic E-state index is -1.04. The van der Waals surface area contributed by atoms with Crippen molar-refractivity contribution in [3.05, 3.63) is 65.2 Å². The molecule has 7 nitrogen and oxygen atoms in total. The molecule has 1 spiro atoms. The van der Waals surface area contributed by atoms with Crippen LogP contribution in [0.15, 0.2) is 48.5 Å². The number of nitrogens with zero attached hydrogens (tertiary/aromatic N) is 1. The summed E-state index contributed by atoms with van der Waals surface area (Å²) in [6.45, 7) is 3.83. The van der Waals surface area contributed by atoms with Gasteiger partial charge in [-0.2, -0.15) is 0 Å². The average Bonchev–Trinajstić information content (AvgIpc) is 3.20. The summed E-state index contributed by atoms with van der Waals surface area (Å²) in [5.41, 5.74) is 0.407. The summed E-state index contributed by atoms with van der Waals surface area (Å²) in [5, 5.41) is 28.3. The Morgan fingerprint density at radius 1 is 1.11 bits per heavy atom. The Bertz CT molecular complexity index is 1190. The Morgan fingerprint density at radius 3 is 2.66 bits per heavy atom. The summed E-state index contributed by atoms with van der Waals surface area (Å²) in [4.78, 5) is 27.5. The summed E-state index contributed by atoms with van der Waals surface area (Å²) >= 11 is 0. The Balaban J connectivity index is 1.33. The van der Waals surface area contributed by atoms with Crippen LogP contribution < -0.4 is 10.6 Å². The van der Waals surface area contributed by atoms with Gasteiger partial charge in [0.2, 0.25) is 0 Å². The van der Waals surface area contributed by atoms with Gasteiger partial charge in [0.05, 0.1) is 5.60 Å². The van der Waals surface area contributed by atoms with E-state index in [2.05, 4.69) is 39.8 Å². The standard InChI is InChI=1S/C28H33N3O4/c1-18-9-10-21(32)14-22(18)26-15-20-16-31(13-5-8-19-6-3-2-4-7-19)23(20)28(26,35)12-11-27(17-26)24(33)29-25(34)30-27/h2-4,6-7,9-10,14,20,23,32,35H,5,8,11-13,15-17H2,1H3,(H2,29,30,33,34)/t20?,23-,26?,27+,28-/m1/s1. The SMILES string of the molecule is Cc1ccc(O)cc1C12CC3CN(CCCc4ccccc4)[C@H]3[C@]1(O)CC[C@@]1(C2)NC(=O)NC1=O. The van der Waals surface area contributed by atoms with Gasteiger partial charge in [0.15, 0.2) is 0 Å². The third kappa shape index (κ3) is 3.24. The van der Waals surface area contributed by atoms with Crippen molar-refractivity contribution in [1.29, 1.82) is 0 Å². The Labute approximate surface area is 205 Å². The average molecular weight is 476 g/mol. The minimum absolute atomic E-state index is 0.0116. The molecule has 184 valence electrons. The number of aromatic hydroxyl groups is 1. The topological polar surface area (TPSA) is 102 Å². The molecule has 2 saturated carbocycles. The fourth-order valence-corrected chi connectivity index (χ4v) is 7.82. The largest absolute Gasteiger partial charge is 0.508 e. The molecular weight excluding hydrogens is 442 g/mol. The second-order valence-corrected chi connectivity index (χ2v) is 11.2. The van der Waals surface area contributed by atoms with Crippen molar-refractivity contribution < 1.29 is 19.8 Å². The Hall–Kier alpha value is -2.90. The van der Waals surface area contributed by atoms with Gasteiger partial charge in [0.1, 0.15) is 11.3 Å². The van der Waals surface area contributed by atoms with E-state index in [1.807, 2.05) is 19.1 Å². The third-order valence-electron chi connectivity index (χ3n) is 9.28. The lowest BCUT2D eigenvalue weighted by atomic mass is 9.55. The van der Waals surface area contributed by atoms with Crippen LogP contribution in [0, 0.1) is 12.8 Å². The van der Waals surface area contributed by atoms with Crippen LogP contribution in [-0.2, 0) is 16.6 Å². The highest BCUT2D eigenvalue weighted by Gasteiger charge is 2.73. The molecule has 3 amide bonds. The molecule has 6 rings (SSSR count). The lowest BCUT2D eigenvalue weighted by Crippen LogP contribution is -2.70. The number of aryl methyl sites for hydroxylation is 2. The van der Waals surface area contributed by atoms with Crippen LogP contribution in [0.2, 0.25) is 0 Å². The van der Waals surface area contributed by atoms with E-state index in [4.69, 9.17) is 0 Å². The van der Waals surface area contributed by atoms with Gasteiger partial charge >= 0.3 is 6.03 Å². The van der Waals surface area contributed by atoms with Crippen LogP contribution in [0.25, 0.3) is 0 Å². The van der Waals surface area contributed by atoms with Crippen molar-refractivity contribution in [3.8, 4) is 5.75 Å². The van der Waals surface area contributed by atoms with Crippen molar-refractivity contribution in [2.24, 2.45) is 5.92 Å². The monoisotopic (exact) mass is 475 g/mol. The number of likely N-dealkylation sites (tertiary alicyclic amines) is 1. The predicted molar refractivity (Wildman–Crippen MR) is 131 cm³/mol. The number of rotatable bonds is 5. The molecule has 0 aromatic heterocycles. The van der Waals surface area contributed by atoms with Gasteiger partial charge in [-0.1, -0.05) is 36.4 Å². The molecule has 0 radical (unpaired) electrons. The third-order valence-corrected chi connectivity index (χ3v) is 9.28. The first-order valence-electron chi connectivity index (χ1n) is 12.7. The molecule has 4 fully saturated rings. The molecule has 2 aromatic rings. The van der Waals surface area contributed by atoms with Crippen LogP contribution in [0.4, 0.5) is 4.79 Å². The molecule has 7 heteroatoms. The van der Waals surface area contributed by atoms with E-state index in [1.54, 1.807) is 12.1 Å². The number of phenolic OH excluding ortho intramolecular Hbond substituents is 1. The van der Waals surface area contributed by atoms with Crippen molar-refractivity contribution >= 4 is 11.9 Å². The minimum Gasteiger partial charge on any atom is -0.508 e. The maximum absolute atomic E-state index is 13.0. The zero-order chi connectivity index (χ0) is 24.4. The van der Waals surface area contributed by atoms with Gasteiger partial charge in [-0.15, -0.1) is 0 Å². The molecule has 4 aliphatic rings. The Kier molecular flexibility index (Phi) is 5.03. The molecule has 2 aliphatic carbocycles. The molecule has 2 aliphatic heterocycles. The molecule has 2 heterocycles. The highest BCUT2D eigenvalue weighted by atomic mass is 16.3. The van der Waals surface area contributed by atoms with Gasteiger partial charge < -0.3 is 15.5 Å². The number of nitrogens with one attached hydrogen (secondary N) is 2. The first-order valence-corrected chi connectivity index (χ1v) is 12.7. The zero-order valence-electron chi connectivity index (χ0n) is 20.1.